The molecular formula is C15H17N3O4S. The molecule has 2 aromatic carbocycles. The SMILES string of the molecule is Cc1ccc(O)c(NC(=O)Nc2ccc(NS(C)(=O)=O)cc2)c1. The number of rotatable bonds is 4. The van der Waals surface area contributed by atoms with Crippen molar-refractivity contribution >= 4 is 33.1 Å². The molecule has 0 fully saturated rings. The van der Waals surface area contributed by atoms with Crippen LogP contribution in [0.1, 0.15) is 5.56 Å². The van der Waals surface area contributed by atoms with Crippen molar-refractivity contribution in [2.45, 2.75) is 6.92 Å². The van der Waals surface area contributed by atoms with Gasteiger partial charge in [0.2, 0.25) is 10.0 Å². The van der Waals surface area contributed by atoms with E-state index in [2.05, 4.69) is 15.4 Å². The van der Waals surface area contributed by atoms with Crippen molar-refractivity contribution < 1.29 is 18.3 Å². The van der Waals surface area contributed by atoms with Crippen LogP contribution in [-0.2, 0) is 10.0 Å². The summed E-state index contributed by atoms with van der Waals surface area (Å²) in [4.78, 5) is 11.9. The highest BCUT2D eigenvalue weighted by Crippen LogP contribution is 2.24. The van der Waals surface area contributed by atoms with E-state index >= 15 is 0 Å². The average Bonchev–Trinajstić information content (AvgIpc) is 2.43. The molecule has 0 saturated carbocycles. The monoisotopic (exact) mass is 335 g/mol. The molecule has 122 valence electrons. The summed E-state index contributed by atoms with van der Waals surface area (Å²) in [5.41, 5.74) is 2.08. The van der Waals surface area contributed by atoms with Crippen molar-refractivity contribution in [1.29, 1.82) is 0 Å². The van der Waals surface area contributed by atoms with E-state index in [-0.39, 0.29) is 5.75 Å². The van der Waals surface area contributed by atoms with Gasteiger partial charge in [-0.2, -0.15) is 0 Å². The number of nitrogens with one attached hydrogen (secondary N) is 3. The molecule has 23 heavy (non-hydrogen) atoms. The first-order valence-corrected chi connectivity index (χ1v) is 8.57. The number of amides is 2. The van der Waals surface area contributed by atoms with Crippen molar-refractivity contribution in [3.8, 4) is 5.75 Å². The number of sulfonamides is 1. The lowest BCUT2D eigenvalue weighted by atomic mass is 10.2. The van der Waals surface area contributed by atoms with Crippen LogP contribution >= 0.6 is 0 Å². The molecule has 2 rings (SSSR count). The maximum atomic E-state index is 11.9. The fourth-order valence-electron chi connectivity index (χ4n) is 1.87. The topological polar surface area (TPSA) is 108 Å². The summed E-state index contributed by atoms with van der Waals surface area (Å²) < 4.78 is 24.5. The maximum Gasteiger partial charge on any atom is 0.323 e. The minimum atomic E-state index is -3.34. The second kappa shape index (κ2) is 6.57. The van der Waals surface area contributed by atoms with Gasteiger partial charge < -0.3 is 15.7 Å². The third-order valence-electron chi connectivity index (χ3n) is 2.85. The first kappa shape index (κ1) is 16.6. The summed E-state index contributed by atoms with van der Waals surface area (Å²) in [5.74, 6) is -0.0292. The lowest BCUT2D eigenvalue weighted by Crippen LogP contribution is -2.19. The molecule has 0 radical (unpaired) electrons. The van der Waals surface area contributed by atoms with Crippen LogP contribution in [0.3, 0.4) is 0 Å². The number of phenolic OH excluding ortho intramolecular Hbond substituents is 1. The van der Waals surface area contributed by atoms with E-state index in [1.165, 1.54) is 18.2 Å². The molecule has 2 aromatic rings. The van der Waals surface area contributed by atoms with E-state index in [0.29, 0.717) is 17.1 Å². The van der Waals surface area contributed by atoms with Crippen molar-refractivity contribution in [2.24, 2.45) is 0 Å². The van der Waals surface area contributed by atoms with Crippen LogP contribution in [0.4, 0.5) is 21.9 Å². The number of phenols is 1. The highest BCUT2D eigenvalue weighted by Gasteiger charge is 2.07. The number of hydrogen-bond acceptors (Lipinski definition) is 4. The number of anilines is 3. The van der Waals surface area contributed by atoms with Gasteiger partial charge in [-0.3, -0.25) is 4.72 Å². The largest absolute Gasteiger partial charge is 0.506 e. The predicted octanol–water partition coefficient (Wildman–Crippen LogP) is 2.72. The van der Waals surface area contributed by atoms with E-state index in [1.807, 2.05) is 6.92 Å². The quantitative estimate of drug-likeness (QED) is 0.644. The Kier molecular flexibility index (Phi) is 4.75. The summed E-state index contributed by atoms with van der Waals surface area (Å²) in [6.45, 7) is 1.84. The minimum Gasteiger partial charge on any atom is -0.506 e. The van der Waals surface area contributed by atoms with Crippen LogP contribution in [0.2, 0.25) is 0 Å². The summed E-state index contributed by atoms with van der Waals surface area (Å²) in [6.07, 6.45) is 1.06. The van der Waals surface area contributed by atoms with Gasteiger partial charge in [0.05, 0.1) is 11.9 Å². The van der Waals surface area contributed by atoms with Crippen molar-refractivity contribution in [1.82, 2.24) is 0 Å². The Bertz CT molecular complexity index is 817. The lowest BCUT2D eigenvalue weighted by molar-refractivity contribution is 0.262. The zero-order valence-corrected chi connectivity index (χ0v) is 13.4. The molecule has 4 N–H and O–H groups in total. The van der Waals surface area contributed by atoms with Gasteiger partial charge in [0.1, 0.15) is 5.75 Å². The summed E-state index contributed by atoms with van der Waals surface area (Å²) in [6, 6.07) is 10.5. The number of benzene rings is 2. The summed E-state index contributed by atoms with van der Waals surface area (Å²) in [7, 11) is -3.34. The Labute approximate surface area is 134 Å². The first-order chi connectivity index (χ1) is 10.7. The molecule has 0 bridgehead atoms. The third kappa shape index (κ3) is 5.19. The first-order valence-electron chi connectivity index (χ1n) is 6.68. The Morgan fingerprint density at radius 1 is 1.00 bits per heavy atom. The summed E-state index contributed by atoms with van der Waals surface area (Å²) >= 11 is 0. The molecule has 7 nitrogen and oxygen atoms in total. The third-order valence-corrected chi connectivity index (χ3v) is 3.45. The molecule has 0 atom stereocenters. The molecule has 0 aliphatic heterocycles. The van der Waals surface area contributed by atoms with Crippen LogP contribution < -0.4 is 15.4 Å². The highest BCUT2D eigenvalue weighted by atomic mass is 32.2. The lowest BCUT2D eigenvalue weighted by Gasteiger charge is -2.10. The van der Waals surface area contributed by atoms with Gasteiger partial charge in [-0.1, -0.05) is 6.07 Å². The molecule has 0 aromatic heterocycles. The zero-order valence-electron chi connectivity index (χ0n) is 12.6. The normalized spacial score (nSPS) is 10.9. The molecule has 2 amide bonds. The second-order valence-electron chi connectivity index (χ2n) is 5.05. The molecule has 8 heteroatoms. The Morgan fingerprint density at radius 2 is 1.61 bits per heavy atom. The number of aryl methyl sites for hydroxylation is 1. The standard InChI is InChI=1S/C15H17N3O4S/c1-10-3-8-14(19)13(9-10)17-15(20)16-11-4-6-12(7-5-11)18-23(2,21)22/h3-9,18-19H,1-2H3,(H2,16,17,20). The van der Waals surface area contributed by atoms with Gasteiger partial charge in [0.15, 0.2) is 0 Å². The smallest absolute Gasteiger partial charge is 0.323 e. The van der Waals surface area contributed by atoms with Gasteiger partial charge in [-0.15, -0.1) is 0 Å². The predicted molar refractivity (Wildman–Crippen MR) is 90.4 cm³/mol. The number of carbonyl (C=O) groups is 1. The molecule has 0 unspecified atom stereocenters. The summed E-state index contributed by atoms with van der Waals surface area (Å²) in [5, 5.41) is 14.8. The van der Waals surface area contributed by atoms with E-state index < -0.39 is 16.1 Å². The van der Waals surface area contributed by atoms with Crippen molar-refractivity contribution in [3.05, 3.63) is 48.0 Å². The Morgan fingerprint density at radius 3 is 2.22 bits per heavy atom. The van der Waals surface area contributed by atoms with Gasteiger partial charge >= 0.3 is 6.03 Å². The number of urea groups is 1. The zero-order chi connectivity index (χ0) is 17.0. The number of hydrogen-bond donors (Lipinski definition) is 4. The molecule has 0 spiro atoms. The average molecular weight is 335 g/mol. The van der Waals surface area contributed by atoms with Crippen LogP contribution in [0.15, 0.2) is 42.5 Å². The molecular weight excluding hydrogens is 318 g/mol. The van der Waals surface area contributed by atoms with E-state index in [9.17, 15) is 18.3 Å². The van der Waals surface area contributed by atoms with Crippen LogP contribution in [-0.4, -0.2) is 25.8 Å². The molecule has 0 aliphatic carbocycles. The maximum absolute atomic E-state index is 11.9. The second-order valence-corrected chi connectivity index (χ2v) is 6.80. The van der Waals surface area contributed by atoms with Crippen LogP contribution in [0.25, 0.3) is 0 Å². The minimum absolute atomic E-state index is 0.0292. The van der Waals surface area contributed by atoms with E-state index in [1.54, 1.807) is 24.3 Å². The highest BCUT2D eigenvalue weighted by molar-refractivity contribution is 7.92. The van der Waals surface area contributed by atoms with Crippen molar-refractivity contribution in [3.63, 3.8) is 0 Å². The van der Waals surface area contributed by atoms with Gasteiger partial charge in [0, 0.05) is 11.4 Å². The molecule has 0 saturated heterocycles. The molecule has 0 aliphatic rings. The van der Waals surface area contributed by atoms with E-state index in [4.69, 9.17) is 0 Å². The van der Waals surface area contributed by atoms with Crippen LogP contribution in [0, 0.1) is 6.92 Å². The molecule has 0 heterocycles. The van der Waals surface area contributed by atoms with Crippen LogP contribution in [0.5, 0.6) is 5.75 Å². The van der Waals surface area contributed by atoms with Gasteiger partial charge in [0.25, 0.3) is 0 Å². The Balaban J connectivity index is 2.01. The Hall–Kier alpha value is -2.74. The van der Waals surface area contributed by atoms with Gasteiger partial charge in [-0.05, 0) is 48.9 Å². The number of carbonyl (C=O) groups excluding carboxylic acids is 1. The fraction of sp³-hybridized carbons (Fsp3) is 0.133. The van der Waals surface area contributed by atoms with E-state index in [0.717, 1.165) is 11.8 Å². The number of aromatic hydroxyl groups is 1. The van der Waals surface area contributed by atoms with Crippen molar-refractivity contribution in [2.75, 3.05) is 21.6 Å². The fourth-order valence-corrected chi connectivity index (χ4v) is 2.43. The van der Waals surface area contributed by atoms with Gasteiger partial charge in [-0.25, -0.2) is 13.2 Å².